The molecular formula is C3H8O7P4-2. The molecule has 0 bridgehead atoms. The lowest BCUT2D eigenvalue weighted by molar-refractivity contribution is -0.144. The number of aliphatic hydroxyl groups excluding tert-OH is 1. The van der Waals surface area contributed by atoms with Gasteiger partial charge in [-0.1, -0.05) is 0 Å². The van der Waals surface area contributed by atoms with Crippen molar-refractivity contribution in [2.45, 2.75) is 6.10 Å². The first kappa shape index (κ1) is 14.8. The monoisotopic (exact) mass is 280 g/mol. The first-order chi connectivity index (χ1) is 6.22. The Hall–Kier alpha value is 0.830. The Morgan fingerprint density at radius 1 is 1.50 bits per heavy atom. The van der Waals surface area contributed by atoms with Crippen LogP contribution in [0.15, 0.2) is 0 Å². The first-order valence-corrected chi connectivity index (χ1v) is 8.52. The molecule has 11 heteroatoms. The Balaban J connectivity index is 3.91. The lowest BCUT2D eigenvalue weighted by Crippen LogP contribution is -2.25. The van der Waals surface area contributed by atoms with Crippen molar-refractivity contribution in [2.24, 2.45) is 0 Å². The summed E-state index contributed by atoms with van der Waals surface area (Å²) in [7, 11) is -0.215. The van der Waals surface area contributed by atoms with Crippen molar-refractivity contribution in [3.05, 3.63) is 0 Å². The van der Waals surface area contributed by atoms with Gasteiger partial charge in [0, 0.05) is 0 Å². The minimum Gasteiger partial charge on any atom is -0.516 e. The van der Waals surface area contributed by atoms with E-state index in [0.717, 1.165) is 0 Å². The third kappa shape index (κ3) is 8.16. The quantitative estimate of drug-likeness (QED) is 0.629. The molecule has 0 rings (SSSR count). The van der Waals surface area contributed by atoms with Gasteiger partial charge in [-0.2, -0.15) is 0 Å². The summed E-state index contributed by atoms with van der Waals surface area (Å²) >= 11 is 0. The SMILES string of the molecule is O=C(OP([PH-])[PH-])C(O)COP(=O)(O)O. The number of aliphatic hydroxyl groups is 1. The van der Waals surface area contributed by atoms with Crippen LogP contribution in [0.4, 0.5) is 0 Å². The van der Waals surface area contributed by atoms with Gasteiger partial charge in [0.15, 0.2) is 6.10 Å². The maximum atomic E-state index is 10.8. The zero-order valence-electron chi connectivity index (χ0n) is 6.65. The molecule has 84 valence electrons. The molecule has 0 heterocycles. The first-order valence-electron chi connectivity index (χ1n) is 3.05. The van der Waals surface area contributed by atoms with Crippen LogP contribution in [0.25, 0.3) is 0 Å². The van der Waals surface area contributed by atoms with Crippen molar-refractivity contribution >= 4 is 39.2 Å². The molecule has 0 aromatic rings. The summed E-state index contributed by atoms with van der Waals surface area (Å²) in [6.07, 6.45) is -1.74. The normalized spacial score (nSPS) is 14.1. The van der Waals surface area contributed by atoms with Crippen molar-refractivity contribution in [3.63, 3.8) is 0 Å². The minimum atomic E-state index is -4.68. The average molecular weight is 280 g/mol. The van der Waals surface area contributed by atoms with Crippen LogP contribution >= 0.6 is 33.2 Å². The van der Waals surface area contributed by atoms with E-state index in [4.69, 9.17) is 14.9 Å². The number of carbonyl (C=O) groups excluding carboxylic acids is 1. The van der Waals surface area contributed by atoms with Crippen LogP contribution in [-0.4, -0.2) is 33.6 Å². The zero-order valence-corrected chi connectivity index (χ0v) is 10.4. The molecule has 0 aliphatic heterocycles. The van der Waals surface area contributed by atoms with E-state index < -0.39 is 34.0 Å². The third-order valence-electron chi connectivity index (χ3n) is 0.854. The number of phosphoric ester groups is 1. The highest BCUT2D eigenvalue weighted by Crippen LogP contribution is 2.53. The Bertz CT molecular complexity index is 235. The average Bonchev–Trinajstić information content (AvgIpc) is 1.97. The van der Waals surface area contributed by atoms with E-state index in [9.17, 15) is 9.36 Å². The molecule has 0 amide bonds. The number of hydrogen-bond acceptors (Lipinski definition) is 5. The summed E-state index contributed by atoms with van der Waals surface area (Å²) in [6.45, 7) is -0.829. The highest BCUT2D eigenvalue weighted by atomic mass is 32.4. The van der Waals surface area contributed by atoms with Gasteiger partial charge < -0.3 is 37.3 Å². The highest BCUT2D eigenvalue weighted by Gasteiger charge is 2.21. The standard InChI is InChI=1S/C3H8O7P4/c4-2(1-9-14(6,7)8)3(5)10-13(11)12/h2,4,11-12H,1H2,(H2,6,7,8)/q-2. The van der Waals surface area contributed by atoms with Crippen LogP contribution in [0.5, 0.6) is 0 Å². The van der Waals surface area contributed by atoms with Gasteiger partial charge in [0.05, 0.1) is 6.61 Å². The zero-order chi connectivity index (χ0) is 11.4. The van der Waals surface area contributed by atoms with Crippen molar-refractivity contribution in [1.82, 2.24) is 0 Å². The predicted octanol–water partition coefficient (Wildman–Crippen LogP) is 0.512. The molecule has 0 aromatic heterocycles. The van der Waals surface area contributed by atoms with Crippen molar-refractivity contribution in [2.75, 3.05) is 6.61 Å². The Morgan fingerprint density at radius 2 is 2.00 bits per heavy atom. The number of phosphoric acid groups is 1. The summed E-state index contributed by atoms with van der Waals surface area (Å²) in [5.41, 5.74) is 0. The molecule has 7 nitrogen and oxygen atoms in total. The van der Waals surface area contributed by atoms with Gasteiger partial charge in [-0.3, -0.25) is 4.52 Å². The molecule has 0 aliphatic rings. The van der Waals surface area contributed by atoms with Crippen LogP contribution in [0, 0.1) is 0 Å². The fourth-order valence-corrected chi connectivity index (χ4v) is 1.56. The van der Waals surface area contributed by atoms with Crippen LogP contribution in [0.1, 0.15) is 0 Å². The van der Waals surface area contributed by atoms with Gasteiger partial charge in [0.1, 0.15) is 0 Å². The van der Waals surface area contributed by atoms with E-state index >= 15 is 0 Å². The van der Waals surface area contributed by atoms with Crippen LogP contribution < -0.4 is 0 Å². The summed E-state index contributed by atoms with van der Waals surface area (Å²) in [6, 6.07) is 0. The van der Waals surface area contributed by atoms with Gasteiger partial charge in [-0.25, -0.2) is 16.9 Å². The largest absolute Gasteiger partial charge is 0.516 e. The van der Waals surface area contributed by atoms with E-state index in [0.29, 0.717) is 0 Å². The Labute approximate surface area is 85.8 Å². The summed E-state index contributed by atoms with van der Waals surface area (Å²) < 4.78 is 18.5. The molecule has 1 atom stereocenters. The second kappa shape index (κ2) is 6.42. The lowest BCUT2D eigenvalue weighted by Gasteiger charge is -2.27. The molecule has 3 N–H and O–H groups in total. The number of rotatable bonds is 5. The van der Waals surface area contributed by atoms with Gasteiger partial charge >= 0.3 is 13.8 Å². The molecule has 0 aromatic carbocycles. The van der Waals surface area contributed by atoms with E-state index in [-0.39, 0.29) is 0 Å². The van der Waals surface area contributed by atoms with E-state index in [1.807, 2.05) is 0 Å². The van der Waals surface area contributed by atoms with Crippen molar-refractivity contribution < 1.29 is 33.3 Å². The van der Waals surface area contributed by atoms with Crippen LogP contribution in [0.2, 0.25) is 0 Å². The molecule has 0 saturated carbocycles. The molecule has 0 saturated heterocycles. The second-order valence-corrected chi connectivity index (χ2v) is 7.80. The summed E-state index contributed by atoms with van der Waals surface area (Å²) in [5.74, 6) is -1.05. The molecule has 0 radical (unpaired) electrons. The number of carbonyl (C=O) groups is 1. The van der Waals surface area contributed by atoms with Crippen LogP contribution in [-0.2, 0) is 18.4 Å². The topological polar surface area (TPSA) is 113 Å². The van der Waals surface area contributed by atoms with Gasteiger partial charge in [-0.15, -0.1) is 0 Å². The van der Waals surface area contributed by atoms with Crippen molar-refractivity contribution in [3.8, 4) is 0 Å². The van der Waals surface area contributed by atoms with Gasteiger partial charge in [0.2, 0.25) is 0 Å². The lowest BCUT2D eigenvalue weighted by atomic mass is 10.4. The van der Waals surface area contributed by atoms with E-state index in [1.165, 1.54) is 0 Å². The Kier molecular flexibility index (Phi) is 6.80. The van der Waals surface area contributed by atoms with Crippen molar-refractivity contribution in [1.29, 1.82) is 0 Å². The smallest absolute Gasteiger partial charge is 0.469 e. The van der Waals surface area contributed by atoms with E-state index in [1.54, 1.807) is 0 Å². The Morgan fingerprint density at radius 3 is 2.36 bits per heavy atom. The van der Waals surface area contributed by atoms with Gasteiger partial charge in [0.25, 0.3) is 0 Å². The molecule has 0 spiro atoms. The molecular weight excluding hydrogens is 272 g/mol. The molecule has 0 fully saturated rings. The summed E-state index contributed by atoms with van der Waals surface area (Å²) in [5, 5.41) is 8.95. The predicted molar refractivity (Wildman–Crippen MR) is 53.6 cm³/mol. The fourth-order valence-electron chi connectivity index (χ4n) is 0.387. The fraction of sp³-hybridized carbons (Fsp3) is 0.667. The summed E-state index contributed by atoms with van der Waals surface area (Å²) in [4.78, 5) is 27.3. The van der Waals surface area contributed by atoms with Crippen LogP contribution in [0.3, 0.4) is 0 Å². The maximum Gasteiger partial charge on any atom is 0.469 e. The van der Waals surface area contributed by atoms with E-state index in [2.05, 4.69) is 26.9 Å². The molecule has 1 unspecified atom stereocenters. The molecule has 0 aliphatic carbocycles. The third-order valence-corrected chi connectivity index (χ3v) is 2.25. The highest BCUT2D eigenvalue weighted by molar-refractivity contribution is 8.41. The minimum absolute atomic E-state index is 0.829. The second-order valence-electron chi connectivity index (χ2n) is 2.01. The van der Waals surface area contributed by atoms with Gasteiger partial charge in [-0.05, 0) is 0 Å². The maximum absolute atomic E-state index is 10.8. The molecule has 14 heavy (non-hydrogen) atoms. The number of hydrogen-bond donors (Lipinski definition) is 3.